The van der Waals surface area contributed by atoms with Gasteiger partial charge in [0, 0.05) is 11.3 Å². The van der Waals surface area contributed by atoms with Crippen LogP contribution in [0.5, 0.6) is 11.5 Å². The summed E-state index contributed by atoms with van der Waals surface area (Å²) in [5, 5.41) is 0.362. The molecule has 0 unspecified atom stereocenters. The van der Waals surface area contributed by atoms with Crippen LogP contribution in [0.3, 0.4) is 0 Å². The molecule has 0 aliphatic carbocycles. The fourth-order valence-corrected chi connectivity index (χ4v) is 4.12. The van der Waals surface area contributed by atoms with Crippen molar-refractivity contribution in [1.29, 1.82) is 0 Å². The van der Waals surface area contributed by atoms with Crippen LogP contribution in [0.4, 0.5) is 5.69 Å². The third-order valence-electron chi connectivity index (χ3n) is 3.12. The van der Waals surface area contributed by atoms with E-state index in [0.717, 1.165) is 18.4 Å². The van der Waals surface area contributed by atoms with E-state index in [1.54, 1.807) is 4.72 Å². The second-order valence-corrected chi connectivity index (χ2v) is 9.50. The van der Waals surface area contributed by atoms with Gasteiger partial charge in [-0.15, -0.1) is 0 Å². The van der Waals surface area contributed by atoms with Crippen LogP contribution in [-0.2, 0) is 24.7 Å². The maximum Gasteiger partial charge on any atom is 0.266 e. The summed E-state index contributed by atoms with van der Waals surface area (Å²) in [6, 6.07) is 6.11. The summed E-state index contributed by atoms with van der Waals surface area (Å²) in [5.41, 5.74) is 5.33. The molecule has 26 heavy (non-hydrogen) atoms. The van der Waals surface area contributed by atoms with Gasteiger partial charge in [0.25, 0.3) is 10.0 Å². The van der Waals surface area contributed by atoms with E-state index in [1.807, 2.05) is 0 Å². The number of anilines is 1. The molecule has 1 amide bonds. The lowest BCUT2D eigenvalue weighted by atomic mass is 10.3. The van der Waals surface area contributed by atoms with Crippen molar-refractivity contribution in [2.45, 2.75) is 9.79 Å². The van der Waals surface area contributed by atoms with Gasteiger partial charge in [-0.05, 0) is 30.3 Å². The molecule has 2 rings (SSSR count). The molecule has 0 aliphatic heterocycles. The average molecular weight is 439 g/mol. The number of halogens is 2. The predicted octanol–water partition coefficient (Wildman–Crippen LogP) is 2.21. The first-order valence-electron chi connectivity index (χ1n) is 6.69. The van der Waals surface area contributed by atoms with Gasteiger partial charge in [0.2, 0.25) is 6.41 Å². The lowest BCUT2D eigenvalue weighted by Gasteiger charge is -2.16. The van der Waals surface area contributed by atoms with E-state index < -0.39 is 36.2 Å². The topological polar surface area (TPSA) is 133 Å². The van der Waals surface area contributed by atoms with Crippen LogP contribution in [0.25, 0.3) is 0 Å². The van der Waals surface area contributed by atoms with Crippen LogP contribution in [0.15, 0.2) is 40.1 Å². The number of hydrogen-bond acceptors (Lipinski definition) is 7. The lowest BCUT2D eigenvalue weighted by Crippen LogP contribution is -2.23. The number of benzene rings is 2. The first-order chi connectivity index (χ1) is 12.0. The molecule has 2 aromatic rings. The van der Waals surface area contributed by atoms with Gasteiger partial charge in [-0.1, -0.05) is 23.2 Å². The molecule has 0 heterocycles. The number of sulfonamides is 1. The Labute approximate surface area is 159 Å². The van der Waals surface area contributed by atoms with Crippen molar-refractivity contribution in [3.8, 4) is 11.5 Å². The van der Waals surface area contributed by atoms with Crippen molar-refractivity contribution >= 4 is 55.2 Å². The van der Waals surface area contributed by atoms with Crippen molar-refractivity contribution in [2.24, 2.45) is 0 Å². The first kappa shape index (κ1) is 20.3. The normalized spacial score (nSPS) is 11.8. The van der Waals surface area contributed by atoms with Gasteiger partial charge in [0.15, 0.2) is 15.6 Å². The highest BCUT2D eigenvalue weighted by atomic mass is 35.5. The molecule has 2 aromatic carbocycles. The molecular formula is C14H12Cl2N2O6S2. The van der Waals surface area contributed by atoms with Gasteiger partial charge in [0.1, 0.15) is 15.5 Å². The Hall–Kier alpha value is -2.01. The quantitative estimate of drug-likeness (QED) is 0.521. The maximum absolute atomic E-state index is 12.1. The Morgan fingerprint density at radius 2 is 1.69 bits per heavy atom. The van der Waals surface area contributed by atoms with E-state index in [4.69, 9.17) is 33.7 Å². The molecule has 8 nitrogen and oxygen atoms in total. The summed E-state index contributed by atoms with van der Waals surface area (Å²) in [5.74, 6) is -0.434. The summed E-state index contributed by atoms with van der Waals surface area (Å²) in [6.07, 6.45) is 0.853. The second-order valence-electron chi connectivity index (χ2n) is 4.99. The molecule has 0 radical (unpaired) electrons. The van der Waals surface area contributed by atoms with E-state index in [9.17, 15) is 21.6 Å². The Bertz CT molecular complexity index is 1080. The highest BCUT2D eigenvalue weighted by Crippen LogP contribution is 2.40. The minimum absolute atomic E-state index is 0.00515. The summed E-state index contributed by atoms with van der Waals surface area (Å²) in [6.45, 7) is 0. The number of ether oxygens (including phenoxy) is 1. The van der Waals surface area contributed by atoms with Crippen molar-refractivity contribution in [1.82, 2.24) is 4.72 Å². The Kier molecular flexibility index (Phi) is 5.71. The molecule has 3 N–H and O–H groups in total. The summed E-state index contributed by atoms with van der Waals surface area (Å²) < 4.78 is 55.2. The molecule has 0 saturated carbocycles. The molecular weight excluding hydrogens is 427 g/mol. The van der Waals surface area contributed by atoms with Crippen molar-refractivity contribution < 1.29 is 26.4 Å². The molecule has 12 heteroatoms. The fraction of sp³-hybridized carbons (Fsp3) is 0.0714. The number of hydrogen-bond donors (Lipinski definition) is 2. The Morgan fingerprint density at radius 3 is 2.23 bits per heavy atom. The van der Waals surface area contributed by atoms with E-state index >= 15 is 0 Å². The molecule has 0 fully saturated rings. The number of sulfone groups is 1. The molecule has 0 aliphatic rings. The van der Waals surface area contributed by atoms with Gasteiger partial charge in [-0.3, -0.25) is 9.52 Å². The number of carbonyl (C=O) groups excluding carboxylic acids is 1. The van der Waals surface area contributed by atoms with Crippen molar-refractivity contribution in [2.75, 3.05) is 12.0 Å². The highest BCUT2D eigenvalue weighted by molar-refractivity contribution is 7.91. The van der Waals surface area contributed by atoms with E-state index in [1.165, 1.54) is 18.2 Å². The van der Waals surface area contributed by atoms with Crippen LogP contribution >= 0.6 is 23.2 Å². The maximum atomic E-state index is 12.1. The van der Waals surface area contributed by atoms with Crippen LogP contribution in [-0.4, -0.2) is 29.5 Å². The van der Waals surface area contributed by atoms with Crippen LogP contribution in [0, 0.1) is 0 Å². The minimum Gasteiger partial charge on any atom is -0.452 e. The van der Waals surface area contributed by atoms with Crippen LogP contribution in [0.1, 0.15) is 0 Å². The highest BCUT2D eigenvalue weighted by Gasteiger charge is 2.26. The van der Waals surface area contributed by atoms with Crippen molar-refractivity contribution in [3.63, 3.8) is 0 Å². The molecule has 0 atom stereocenters. The second kappa shape index (κ2) is 7.31. The predicted molar refractivity (Wildman–Crippen MR) is 96.9 cm³/mol. The molecule has 140 valence electrons. The zero-order valence-corrected chi connectivity index (χ0v) is 16.2. The molecule has 0 aromatic heterocycles. The molecule has 0 spiro atoms. The number of nitrogens with two attached hydrogens (primary N) is 1. The number of carbonyl (C=O) groups is 1. The van der Waals surface area contributed by atoms with E-state index in [2.05, 4.69) is 0 Å². The number of nitrogens with one attached hydrogen (secondary N) is 1. The van der Waals surface area contributed by atoms with Crippen LogP contribution in [0.2, 0.25) is 10.0 Å². The fourth-order valence-electron chi connectivity index (χ4n) is 1.99. The van der Waals surface area contributed by atoms with Gasteiger partial charge >= 0.3 is 0 Å². The third-order valence-corrected chi connectivity index (χ3v) is 6.11. The summed E-state index contributed by atoms with van der Waals surface area (Å²) in [4.78, 5) is 9.61. The molecule has 0 bridgehead atoms. The standard InChI is InChI=1S/C14H12Cl2N2O6S2/c1-25(20,21)12-5-4-11(26(22,23)18-7-19)13(17)14(12)24-10-3-2-8(15)6-9(10)16/h2-7H,17H2,1H3,(H,18,19). The summed E-state index contributed by atoms with van der Waals surface area (Å²) >= 11 is 11.8. The van der Waals surface area contributed by atoms with E-state index in [-0.39, 0.29) is 22.1 Å². The number of amides is 1. The summed E-state index contributed by atoms with van der Waals surface area (Å²) in [7, 11) is -8.14. The minimum atomic E-state index is -4.31. The smallest absolute Gasteiger partial charge is 0.266 e. The SMILES string of the molecule is CS(=O)(=O)c1ccc(S(=O)(=O)NC=O)c(N)c1Oc1ccc(Cl)cc1Cl. The molecule has 0 saturated heterocycles. The monoisotopic (exact) mass is 438 g/mol. The first-order valence-corrected chi connectivity index (χ1v) is 10.8. The van der Waals surface area contributed by atoms with Gasteiger partial charge in [-0.2, -0.15) is 0 Å². The van der Waals surface area contributed by atoms with Gasteiger partial charge < -0.3 is 10.5 Å². The van der Waals surface area contributed by atoms with E-state index in [0.29, 0.717) is 5.02 Å². The Balaban J connectivity index is 2.73. The number of rotatable bonds is 6. The Morgan fingerprint density at radius 1 is 1.08 bits per heavy atom. The average Bonchev–Trinajstić information content (AvgIpc) is 2.50. The van der Waals surface area contributed by atoms with Crippen LogP contribution < -0.4 is 15.2 Å². The largest absolute Gasteiger partial charge is 0.452 e. The van der Waals surface area contributed by atoms with Gasteiger partial charge in [0.05, 0.1) is 10.7 Å². The zero-order chi connectivity index (χ0) is 19.7. The zero-order valence-electron chi connectivity index (χ0n) is 13.1. The van der Waals surface area contributed by atoms with Gasteiger partial charge in [-0.25, -0.2) is 16.8 Å². The van der Waals surface area contributed by atoms with Crippen molar-refractivity contribution in [3.05, 3.63) is 40.4 Å². The number of nitrogen functional groups attached to an aromatic ring is 1. The third kappa shape index (κ3) is 4.21. The lowest BCUT2D eigenvalue weighted by molar-refractivity contribution is -0.108.